The van der Waals surface area contributed by atoms with E-state index in [1.54, 1.807) is 7.11 Å². The Morgan fingerprint density at radius 3 is 2.44 bits per heavy atom. The number of hydrogen-bond donors (Lipinski definition) is 1. The molecule has 0 fully saturated rings. The summed E-state index contributed by atoms with van der Waals surface area (Å²) in [6, 6.07) is 8.32. The SMILES string of the molecule is CCNC(c1ccccc1OC)C(CC)OCC. The smallest absolute Gasteiger partial charge is 0.123 e. The van der Waals surface area contributed by atoms with Crippen molar-refractivity contribution in [2.75, 3.05) is 20.3 Å². The molecular weight excluding hydrogens is 226 g/mol. The van der Waals surface area contributed by atoms with Crippen molar-refractivity contribution in [3.05, 3.63) is 29.8 Å². The Morgan fingerprint density at radius 1 is 1.17 bits per heavy atom. The highest BCUT2D eigenvalue weighted by molar-refractivity contribution is 5.36. The van der Waals surface area contributed by atoms with Crippen LogP contribution in [0.15, 0.2) is 24.3 Å². The molecule has 0 bridgehead atoms. The summed E-state index contributed by atoms with van der Waals surface area (Å²) in [7, 11) is 1.71. The number of likely N-dealkylation sites (N-methyl/N-ethyl adjacent to an activating group) is 1. The maximum absolute atomic E-state index is 5.84. The van der Waals surface area contributed by atoms with Gasteiger partial charge in [0, 0.05) is 12.2 Å². The fourth-order valence-corrected chi connectivity index (χ4v) is 2.25. The molecule has 0 aliphatic carbocycles. The second-order valence-corrected chi connectivity index (χ2v) is 4.18. The highest BCUT2D eigenvalue weighted by Gasteiger charge is 2.23. The van der Waals surface area contributed by atoms with Crippen molar-refractivity contribution in [3.8, 4) is 5.75 Å². The Morgan fingerprint density at radius 2 is 1.89 bits per heavy atom. The van der Waals surface area contributed by atoms with Crippen molar-refractivity contribution < 1.29 is 9.47 Å². The van der Waals surface area contributed by atoms with Gasteiger partial charge in [-0.1, -0.05) is 32.0 Å². The van der Waals surface area contributed by atoms with Gasteiger partial charge in [-0.3, -0.25) is 0 Å². The van der Waals surface area contributed by atoms with Gasteiger partial charge in [0.1, 0.15) is 5.75 Å². The Labute approximate surface area is 110 Å². The van der Waals surface area contributed by atoms with E-state index in [1.165, 1.54) is 5.56 Å². The molecule has 0 aliphatic heterocycles. The summed E-state index contributed by atoms with van der Waals surface area (Å²) >= 11 is 0. The number of ether oxygens (including phenoxy) is 2. The molecule has 1 aromatic rings. The van der Waals surface area contributed by atoms with Gasteiger partial charge in [0.25, 0.3) is 0 Å². The van der Waals surface area contributed by atoms with Crippen LogP contribution in [0.1, 0.15) is 38.8 Å². The number of rotatable bonds is 8. The molecule has 1 N–H and O–H groups in total. The van der Waals surface area contributed by atoms with Crippen LogP contribution in [0.25, 0.3) is 0 Å². The lowest BCUT2D eigenvalue weighted by Crippen LogP contribution is -2.33. The standard InChI is InChI=1S/C15H25NO2/c1-5-13(18-7-3)15(16-6-2)12-10-8-9-11-14(12)17-4/h8-11,13,15-16H,5-7H2,1-4H3. The van der Waals surface area contributed by atoms with E-state index in [9.17, 15) is 0 Å². The average Bonchev–Trinajstić information content (AvgIpc) is 2.42. The first-order valence-corrected chi connectivity index (χ1v) is 6.76. The summed E-state index contributed by atoms with van der Waals surface area (Å²) in [6.07, 6.45) is 1.15. The highest BCUT2D eigenvalue weighted by Crippen LogP contribution is 2.29. The van der Waals surface area contributed by atoms with Crippen LogP contribution in [0.2, 0.25) is 0 Å². The first-order valence-electron chi connectivity index (χ1n) is 6.76. The van der Waals surface area contributed by atoms with E-state index in [0.29, 0.717) is 0 Å². The van der Waals surface area contributed by atoms with Crippen molar-refractivity contribution in [3.63, 3.8) is 0 Å². The van der Waals surface area contributed by atoms with E-state index in [4.69, 9.17) is 9.47 Å². The monoisotopic (exact) mass is 251 g/mol. The number of benzene rings is 1. The van der Waals surface area contributed by atoms with Crippen LogP contribution in [0, 0.1) is 0 Å². The Kier molecular flexibility index (Phi) is 6.76. The topological polar surface area (TPSA) is 30.5 Å². The van der Waals surface area contributed by atoms with E-state index < -0.39 is 0 Å². The average molecular weight is 251 g/mol. The van der Waals surface area contributed by atoms with Crippen molar-refractivity contribution in [2.24, 2.45) is 0 Å². The van der Waals surface area contributed by atoms with Gasteiger partial charge in [-0.05, 0) is 26.0 Å². The fraction of sp³-hybridized carbons (Fsp3) is 0.600. The molecule has 0 saturated carbocycles. The van der Waals surface area contributed by atoms with Crippen molar-refractivity contribution in [2.45, 2.75) is 39.3 Å². The third kappa shape index (κ3) is 3.72. The van der Waals surface area contributed by atoms with Crippen LogP contribution in [0.5, 0.6) is 5.75 Å². The summed E-state index contributed by atoms with van der Waals surface area (Å²) in [5.74, 6) is 0.918. The molecule has 0 heterocycles. The Hall–Kier alpha value is -1.06. The highest BCUT2D eigenvalue weighted by atomic mass is 16.5. The second-order valence-electron chi connectivity index (χ2n) is 4.18. The van der Waals surface area contributed by atoms with Gasteiger partial charge in [0.05, 0.1) is 19.3 Å². The molecule has 0 saturated heterocycles. The number of hydrogen-bond acceptors (Lipinski definition) is 3. The van der Waals surface area contributed by atoms with Crippen molar-refractivity contribution in [1.82, 2.24) is 5.32 Å². The molecule has 0 spiro atoms. The van der Waals surface area contributed by atoms with Gasteiger partial charge in [-0.15, -0.1) is 0 Å². The van der Waals surface area contributed by atoms with Gasteiger partial charge < -0.3 is 14.8 Å². The maximum Gasteiger partial charge on any atom is 0.123 e. The molecule has 18 heavy (non-hydrogen) atoms. The zero-order valence-electron chi connectivity index (χ0n) is 11.9. The molecule has 102 valence electrons. The minimum atomic E-state index is 0.172. The zero-order valence-corrected chi connectivity index (χ0v) is 11.9. The van der Waals surface area contributed by atoms with Gasteiger partial charge in [-0.25, -0.2) is 0 Å². The van der Waals surface area contributed by atoms with Crippen LogP contribution < -0.4 is 10.1 Å². The second kappa shape index (κ2) is 8.11. The molecule has 0 aliphatic rings. The maximum atomic E-state index is 5.84. The first-order chi connectivity index (χ1) is 8.78. The van der Waals surface area contributed by atoms with Crippen LogP contribution in [0.3, 0.4) is 0 Å². The largest absolute Gasteiger partial charge is 0.496 e. The molecule has 0 aromatic heterocycles. The molecule has 0 amide bonds. The molecule has 2 atom stereocenters. The van der Waals surface area contributed by atoms with E-state index >= 15 is 0 Å². The van der Waals surface area contributed by atoms with E-state index in [2.05, 4.69) is 25.2 Å². The minimum absolute atomic E-state index is 0.172. The van der Waals surface area contributed by atoms with Gasteiger partial charge in [0.2, 0.25) is 0 Å². The number of para-hydroxylation sites is 1. The number of methoxy groups -OCH3 is 1. The van der Waals surface area contributed by atoms with E-state index in [-0.39, 0.29) is 12.1 Å². The number of nitrogens with one attached hydrogen (secondary N) is 1. The molecule has 3 heteroatoms. The van der Waals surface area contributed by atoms with Gasteiger partial charge in [0.15, 0.2) is 0 Å². The predicted octanol–water partition coefficient (Wildman–Crippen LogP) is 3.16. The first kappa shape index (κ1) is 15.0. The van der Waals surface area contributed by atoms with Crippen LogP contribution in [0.4, 0.5) is 0 Å². The van der Waals surface area contributed by atoms with Gasteiger partial charge >= 0.3 is 0 Å². The molecule has 1 rings (SSSR count). The molecule has 0 radical (unpaired) electrons. The Bertz CT molecular complexity index is 341. The minimum Gasteiger partial charge on any atom is -0.496 e. The van der Waals surface area contributed by atoms with Crippen molar-refractivity contribution in [1.29, 1.82) is 0 Å². The predicted molar refractivity (Wildman–Crippen MR) is 75.1 cm³/mol. The van der Waals surface area contributed by atoms with E-state index in [1.807, 2.05) is 25.1 Å². The van der Waals surface area contributed by atoms with Crippen LogP contribution in [-0.4, -0.2) is 26.4 Å². The third-order valence-electron chi connectivity index (χ3n) is 3.05. The van der Waals surface area contributed by atoms with Crippen molar-refractivity contribution >= 4 is 0 Å². The lowest BCUT2D eigenvalue weighted by atomic mass is 9.98. The van der Waals surface area contributed by atoms with Crippen LogP contribution in [-0.2, 0) is 4.74 Å². The molecule has 1 aromatic carbocycles. The summed E-state index contributed by atoms with van der Waals surface area (Å²) in [4.78, 5) is 0. The van der Waals surface area contributed by atoms with Crippen LogP contribution >= 0.6 is 0 Å². The summed E-state index contributed by atoms with van der Waals surface area (Å²) in [6.45, 7) is 7.94. The lowest BCUT2D eigenvalue weighted by molar-refractivity contribution is 0.0312. The summed E-state index contributed by atoms with van der Waals surface area (Å²) in [5.41, 5.74) is 1.17. The summed E-state index contributed by atoms with van der Waals surface area (Å²) in [5, 5.41) is 3.50. The Balaban J connectivity index is 3.01. The quantitative estimate of drug-likeness (QED) is 0.770. The van der Waals surface area contributed by atoms with E-state index in [0.717, 1.165) is 25.3 Å². The molecule has 2 unspecified atom stereocenters. The van der Waals surface area contributed by atoms with Gasteiger partial charge in [-0.2, -0.15) is 0 Å². The molecule has 3 nitrogen and oxygen atoms in total. The molecular formula is C15H25NO2. The fourth-order valence-electron chi connectivity index (χ4n) is 2.25. The lowest BCUT2D eigenvalue weighted by Gasteiger charge is -2.28. The summed E-state index contributed by atoms with van der Waals surface area (Å²) < 4.78 is 11.3. The zero-order chi connectivity index (χ0) is 13.4. The third-order valence-corrected chi connectivity index (χ3v) is 3.05. The normalized spacial score (nSPS) is 14.2.